The summed E-state index contributed by atoms with van der Waals surface area (Å²) >= 11 is 6.00. The summed E-state index contributed by atoms with van der Waals surface area (Å²) in [5.41, 5.74) is 1.71. The van der Waals surface area contributed by atoms with E-state index in [4.69, 9.17) is 16.3 Å². The van der Waals surface area contributed by atoms with Crippen LogP contribution in [0.4, 0.5) is 5.95 Å². The molecule has 0 fully saturated rings. The highest BCUT2D eigenvalue weighted by Gasteiger charge is 2.05. The number of hydrogen-bond acceptors (Lipinski definition) is 4. The Morgan fingerprint density at radius 2 is 2.05 bits per heavy atom. The molecular formula is C14H14ClN3O. The highest BCUT2D eigenvalue weighted by atomic mass is 35.5. The van der Waals surface area contributed by atoms with Crippen molar-refractivity contribution in [1.82, 2.24) is 9.97 Å². The quantitative estimate of drug-likeness (QED) is 0.671. The van der Waals surface area contributed by atoms with Gasteiger partial charge in [0.05, 0.1) is 12.8 Å². The molecule has 0 bridgehead atoms. The summed E-state index contributed by atoms with van der Waals surface area (Å²) in [4.78, 5) is 8.50. The lowest BCUT2D eigenvalue weighted by atomic mass is 10.1. The molecule has 4 nitrogen and oxygen atoms in total. The largest absolute Gasteiger partial charge is 0.497 e. The molecule has 0 atom stereocenters. The molecule has 98 valence electrons. The molecule has 0 unspecified atom stereocenters. The molecule has 0 saturated carbocycles. The summed E-state index contributed by atoms with van der Waals surface area (Å²) in [6.07, 6.45) is 1.73. The molecule has 2 aromatic rings. The van der Waals surface area contributed by atoms with Crippen LogP contribution in [0.3, 0.4) is 0 Å². The lowest BCUT2D eigenvalue weighted by Crippen LogP contribution is -2.03. The van der Waals surface area contributed by atoms with E-state index in [1.54, 1.807) is 19.3 Å². The van der Waals surface area contributed by atoms with Gasteiger partial charge in [-0.15, -0.1) is 6.58 Å². The van der Waals surface area contributed by atoms with Crippen LogP contribution in [0.5, 0.6) is 5.75 Å². The smallest absolute Gasteiger partial charge is 0.224 e. The summed E-state index contributed by atoms with van der Waals surface area (Å²) in [6.45, 7) is 4.22. The van der Waals surface area contributed by atoms with Crippen molar-refractivity contribution in [2.24, 2.45) is 0 Å². The third-order valence-corrected chi connectivity index (χ3v) is 2.68. The number of anilines is 1. The molecule has 1 aromatic carbocycles. The van der Waals surface area contributed by atoms with Crippen LogP contribution in [0.1, 0.15) is 0 Å². The summed E-state index contributed by atoms with van der Waals surface area (Å²) in [6, 6.07) is 9.33. The number of halogens is 1. The number of rotatable bonds is 5. The highest BCUT2D eigenvalue weighted by Crippen LogP contribution is 2.23. The second kappa shape index (κ2) is 6.20. The van der Waals surface area contributed by atoms with Gasteiger partial charge >= 0.3 is 0 Å². The van der Waals surface area contributed by atoms with Crippen LogP contribution in [0.2, 0.25) is 5.15 Å². The third-order valence-electron chi connectivity index (χ3n) is 2.49. The number of ether oxygens (including phenoxy) is 1. The zero-order chi connectivity index (χ0) is 13.7. The van der Waals surface area contributed by atoms with E-state index >= 15 is 0 Å². The second-order valence-electron chi connectivity index (χ2n) is 3.80. The number of nitrogens with zero attached hydrogens (tertiary/aromatic N) is 2. The van der Waals surface area contributed by atoms with E-state index in [0.717, 1.165) is 17.0 Å². The normalized spacial score (nSPS) is 10.0. The lowest BCUT2D eigenvalue weighted by Gasteiger charge is -2.07. The number of nitrogens with one attached hydrogen (secondary N) is 1. The SMILES string of the molecule is C=CCNc1nc(Cl)cc(-c2ccc(OC)cc2)n1. The minimum Gasteiger partial charge on any atom is -0.497 e. The van der Waals surface area contributed by atoms with Crippen LogP contribution in [0.15, 0.2) is 43.0 Å². The van der Waals surface area contributed by atoms with Gasteiger partial charge in [-0.3, -0.25) is 0 Å². The molecule has 0 amide bonds. The van der Waals surface area contributed by atoms with Crippen LogP contribution in [-0.2, 0) is 0 Å². The van der Waals surface area contributed by atoms with Gasteiger partial charge in [0.15, 0.2) is 0 Å². The van der Waals surface area contributed by atoms with Crippen LogP contribution in [0, 0.1) is 0 Å². The average Bonchev–Trinajstić information content (AvgIpc) is 2.44. The van der Waals surface area contributed by atoms with Gasteiger partial charge in [-0.1, -0.05) is 17.7 Å². The summed E-state index contributed by atoms with van der Waals surface area (Å²) in [7, 11) is 1.63. The fourth-order valence-electron chi connectivity index (χ4n) is 1.57. The van der Waals surface area contributed by atoms with Crippen molar-refractivity contribution in [2.75, 3.05) is 19.0 Å². The van der Waals surface area contributed by atoms with Crippen molar-refractivity contribution in [2.45, 2.75) is 0 Å². The van der Waals surface area contributed by atoms with Crippen molar-refractivity contribution in [1.29, 1.82) is 0 Å². The molecule has 19 heavy (non-hydrogen) atoms. The van der Waals surface area contributed by atoms with Crippen LogP contribution >= 0.6 is 11.6 Å². The maximum atomic E-state index is 6.00. The van der Waals surface area contributed by atoms with Gasteiger partial charge < -0.3 is 10.1 Å². The fraction of sp³-hybridized carbons (Fsp3) is 0.143. The van der Waals surface area contributed by atoms with Gasteiger partial charge in [-0.2, -0.15) is 0 Å². The number of methoxy groups -OCH3 is 1. The Balaban J connectivity index is 2.31. The van der Waals surface area contributed by atoms with Gasteiger partial charge in [-0.05, 0) is 24.3 Å². The van der Waals surface area contributed by atoms with Crippen molar-refractivity contribution < 1.29 is 4.74 Å². The third kappa shape index (κ3) is 3.45. The minimum atomic E-state index is 0.396. The zero-order valence-corrected chi connectivity index (χ0v) is 11.3. The molecule has 5 heteroatoms. The molecule has 1 heterocycles. The molecule has 1 N–H and O–H groups in total. The Kier molecular flexibility index (Phi) is 4.36. The number of benzene rings is 1. The number of aromatic nitrogens is 2. The molecular weight excluding hydrogens is 262 g/mol. The average molecular weight is 276 g/mol. The maximum absolute atomic E-state index is 6.00. The molecule has 0 aliphatic heterocycles. The minimum absolute atomic E-state index is 0.396. The molecule has 0 aliphatic rings. The van der Waals surface area contributed by atoms with E-state index < -0.39 is 0 Å². The van der Waals surface area contributed by atoms with Crippen molar-refractivity contribution >= 4 is 17.5 Å². The van der Waals surface area contributed by atoms with Crippen molar-refractivity contribution in [3.05, 3.63) is 48.1 Å². The summed E-state index contributed by atoms with van der Waals surface area (Å²) in [5.74, 6) is 1.28. The Morgan fingerprint density at radius 3 is 2.68 bits per heavy atom. The van der Waals surface area contributed by atoms with E-state index in [9.17, 15) is 0 Å². The summed E-state index contributed by atoms with van der Waals surface area (Å²) < 4.78 is 5.12. The first kappa shape index (κ1) is 13.4. The van der Waals surface area contributed by atoms with Gasteiger partial charge in [-0.25, -0.2) is 9.97 Å². The van der Waals surface area contributed by atoms with Crippen LogP contribution in [-0.4, -0.2) is 23.6 Å². The topological polar surface area (TPSA) is 47.0 Å². The van der Waals surface area contributed by atoms with E-state index in [1.165, 1.54) is 0 Å². The van der Waals surface area contributed by atoms with E-state index in [0.29, 0.717) is 17.6 Å². The molecule has 2 rings (SSSR count). The van der Waals surface area contributed by atoms with Gasteiger partial charge in [0.25, 0.3) is 0 Å². The number of hydrogen-bond donors (Lipinski definition) is 1. The monoisotopic (exact) mass is 275 g/mol. The van der Waals surface area contributed by atoms with Gasteiger partial charge in [0, 0.05) is 18.2 Å². The summed E-state index contributed by atoms with van der Waals surface area (Å²) in [5, 5.41) is 3.41. The molecule has 0 saturated heterocycles. The first-order valence-corrected chi connectivity index (χ1v) is 6.14. The maximum Gasteiger partial charge on any atom is 0.224 e. The molecule has 0 radical (unpaired) electrons. The highest BCUT2D eigenvalue weighted by molar-refractivity contribution is 6.29. The predicted octanol–water partition coefficient (Wildman–Crippen LogP) is 3.40. The van der Waals surface area contributed by atoms with E-state index in [2.05, 4.69) is 21.9 Å². The first-order chi connectivity index (χ1) is 9.22. The Morgan fingerprint density at radius 1 is 1.32 bits per heavy atom. The standard InChI is InChI=1S/C14H14ClN3O/c1-3-8-16-14-17-12(9-13(15)18-14)10-4-6-11(19-2)7-5-10/h3-7,9H,1,8H2,2H3,(H,16,17,18). The Hall–Kier alpha value is -2.07. The Bertz CT molecular complexity index is 569. The van der Waals surface area contributed by atoms with E-state index in [1.807, 2.05) is 24.3 Å². The lowest BCUT2D eigenvalue weighted by molar-refractivity contribution is 0.415. The Labute approximate surface area is 117 Å². The second-order valence-corrected chi connectivity index (χ2v) is 4.18. The van der Waals surface area contributed by atoms with Gasteiger partial charge in [0.2, 0.25) is 5.95 Å². The molecule has 0 spiro atoms. The molecule has 1 aromatic heterocycles. The first-order valence-electron chi connectivity index (χ1n) is 5.76. The predicted molar refractivity (Wildman–Crippen MR) is 77.7 cm³/mol. The van der Waals surface area contributed by atoms with Crippen LogP contribution < -0.4 is 10.1 Å². The van der Waals surface area contributed by atoms with Crippen LogP contribution in [0.25, 0.3) is 11.3 Å². The van der Waals surface area contributed by atoms with E-state index in [-0.39, 0.29) is 0 Å². The molecule has 0 aliphatic carbocycles. The van der Waals surface area contributed by atoms with Crippen molar-refractivity contribution in [3.63, 3.8) is 0 Å². The van der Waals surface area contributed by atoms with Gasteiger partial charge in [0.1, 0.15) is 10.9 Å². The fourth-order valence-corrected chi connectivity index (χ4v) is 1.75. The van der Waals surface area contributed by atoms with Crippen molar-refractivity contribution in [3.8, 4) is 17.0 Å². The zero-order valence-electron chi connectivity index (χ0n) is 10.6.